The summed E-state index contributed by atoms with van der Waals surface area (Å²) in [4.78, 5) is 0. The van der Waals surface area contributed by atoms with Crippen molar-refractivity contribution in [1.29, 1.82) is 0 Å². The molecule has 2 unspecified atom stereocenters. The highest BCUT2D eigenvalue weighted by atomic mass is 14.2. The molecule has 0 saturated heterocycles. The Balaban J connectivity index is 2.40. The molecule has 10 heavy (non-hydrogen) atoms. The summed E-state index contributed by atoms with van der Waals surface area (Å²) in [5, 5.41) is 0. The van der Waals surface area contributed by atoms with Crippen molar-refractivity contribution in [2.75, 3.05) is 0 Å². The van der Waals surface area contributed by atoms with Crippen LogP contribution in [0.3, 0.4) is 0 Å². The van der Waals surface area contributed by atoms with Crippen molar-refractivity contribution in [3.8, 4) is 0 Å². The fraction of sp³-hybridized carbons (Fsp3) is 0.600. The van der Waals surface area contributed by atoms with E-state index in [-0.39, 0.29) is 0 Å². The molecule has 0 heterocycles. The Bertz CT molecular complexity index is 142. The molecule has 1 rings (SSSR count). The van der Waals surface area contributed by atoms with Crippen LogP contribution in [0.15, 0.2) is 24.3 Å². The fourth-order valence-corrected chi connectivity index (χ4v) is 1.54. The predicted molar refractivity (Wildman–Crippen MR) is 45.8 cm³/mol. The maximum absolute atomic E-state index is 2.35. The van der Waals surface area contributed by atoms with Gasteiger partial charge in [-0.3, -0.25) is 0 Å². The molecule has 0 radical (unpaired) electrons. The Kier molecular flexibility index (Phi) is 2.73. The molecule has 1 aliphatic carbocycles. The average Bonchev–Trinajstić information content (AvgIpc) is 2.38. The minimum Gasteiger partial charge on any atom is -0.0914 e. The van der Waals surface area contributed by atoms with E-state index in [0.717, 1.165) is 11.8 Å². The van der Waals surface area contributed by atoms with Gasteiger partial charge in [0.2, 0.25) is 0 Å². The summed E-state index contributed by atoms with van der Waals surface area (Å²) in [7, 11) is 0. The molecule has 0 aliphatic heterocycles. The largest absolute Gasteiger partial charge is 0.0914 e. The van der Waals surface area contributed by atoms with Crippen molar-refractivity contribution in [3.63, 3.8) is 0 Å². The summed E-state index contributed by atoms with van der Waals surface area (Å²) in [6.45, 7) is 4.38. The van der Waals surface area contributed by atoms with E-state index < -0.39 is 0 Å². The van der Waals surface area contributed by atoms with Gasteiger partial charge in [-0.2, -0.15) is 0 Å². The molecular weight excluding hydrogens is 120 g/mol. The van der Waals surface area contributed by atoms with Crippen molar-refractivity contribution in [2.45, 2.75) is 26.7 Å². The summed E-state index contributed by atoms with van der Waals surface area (Å²) in [6.07, 6.45) is 11.7. The molecular formula is C10H16. The van der Waals surface area contributed by atoms with Gasteiger partial charge in [0.1, 0.15) is 0 Å². The van der Waals surface area contributed by atoms with E-state index in [0.29, 0.717) is 0 Å². The number of allylic oxidation sites excluding steroid dienone is 4. The molecule has 0 spiro atoms. The molecule has 0 N–H and O–H groups in total. The molecule has 0 amide bonds. The SMILES string of the molecule is C/C=C/C(C)C1C=CCC1. The van der Waals surface area contributed by atoms with Crippen LogP contribution in [0, 0.1) is 11.8 Å². The molecule has 2 atom stereocenters. The zero-order valence-electron chi connectivity index (χ0n) is 6.88. The summed E-state index contributed by atoms with van der Waals surface area (Å²) in [5.41, 5.74) is 0. The lowest BCUT2D eigenvalue weighted by atomic mass is 9.93. The van der Waals surface area contributed by atoms with Crippen molar-refractivity contribution in [3.05, 3.63) is 24.3 Å². The molecule has 0 bridgehead atoms. The monoisotopic (exact) mass is 136 g/mol. The number of hydrogen-bond donors (Lipinski definition) is 0. The van der Waals surface area contributed by atoms with Gasteiger partial charge in [-0.25, -0.2) is 0 Å². The lowest BCUT2D eigenvalue weighted by molar-refractivity contribution is 0.503. The van der Waals surface area contributed by atoms with Crippen LogP contribution in [0.2, 0.25) is 0 Å². The molecule has 0 fully saturated rings. The highest BCUT2D eigenvalue weighted by molar-refractivity contribution is 5.02. The second kappa shape index (κ2) is 3.60. The first kappa shape index (κ1) is 7.59. The van der Waals surface area contributed by atoms with E-state index in [4.69, 9.17) is 0 Å². The Morgan fingerprint density at radius 2 is 2.40 bits per heavy atom. The Morgan fingerprint density at radius 3 is 2.90 bits per heavy atom. The number of rotatable bonds is 2. The van der Waals surface area contributed by atoms with Gasteiger partial charge in [-0.15, -0.1) is 0 Å². The third kappa shape index (κ3) is 1.73. The van der Waals surface area contributed by atoms with Crippen LogP contribution in [0.25, 0.3) is 0 Å². The lowest BCUT2D eigenvalue weighted by Gasteiger charge is -2.11. The Labute approximate surface area is 63.6 Å². The van der Waals surface area contributed by atoms with Crippen molar-refractivity contribution >= 4 is 0 Å². The fourth-order valence-electron chi connectivity index (χ4n) is 1.54. The average molecular weight is 136 g/mol. The van der Waals surface area contributed by atoms with Crippen LogP contribution in [0.5, 0.6) is 0 Å². The third-order valence-corrected chi connectivity index (χ3v) is 2.22. The minimum absolute atomic E-state index is 0.740. The Morgan fingerprint density at radius 1 is 1.60 bits per heavy atom. The maximum Gasteiger partial charge on any atom is -0.0170 e. The molecule has 0 heteroatoms. The van der Waals surface area contributed by atoms with Gasteiger partial charge in [-0.05, 0) is 31.6 Å². The van der Waals surface area contributed by atoms with E-state index in [1.807, 2.05) is 0 Å². The third-order valence-electron chi connectivity index (χ3n) is 2.22. The van der Waals surface area contributed by atoms with Crippen LogP contribution in [0.1, 0.15) is 26.7 Å². The zero-order valence-corrected chi connectivity index (χ0v) is 6.88. The Hall–Kier alpha value is -0.520. The topological polar surface area (TPSA) is 0 Å². The second-order valence-corrected chi connectivity index (χ2v) is 3.05. The molecule has 0 aromatic heterocycles. The van der Waals surface area contributed by atoms with Crippen molar-refractivity contribution < 1.29 is 0 Å². The van der Waals surface area contributed by atoms with E-state index in [2.05, 4.69) is 38.2 Å². The molecule has 0 aromatic rings. The highest BCUT2D eigenvalue weighted by Gasteiger charge is 2.13. The van der Waals surface area contributed by atoms with Crippen LogP contribution in [0.4, 0.5) is 0 Å². The lowest BCUT2D eigenvalue weighted by Crippen LogP contribution is -2.02. The van der Waals surface area contributed by atoms with Gasteiger partial charge >= 0.3 is 0 Å². The first-order chi connectivity index (χ1) is 4.84. The van der Waals surface area contributed by atoms with Crippen molar-refractivity contribution in [2.24, 2.45) is 11.8 Å². The van der Waals surface area contributed by atoms with Gasteiger partial charge < -0.3 is 0 Å². The normalized spacial score (nSPS) is 28.0. The second-order valence-electron chi connectivity index (χ2n) is 3.05. The van der Waals surface area contributed by atoms with Gasteiger partial charge in [0.25, 0.3) is 0 Å². The molecule has 1 aliphatic rings. The zero-order chi connectivity index (χ0) is 7.40. The molecule has 56 valence electrons. The molecule has 0 saturated carbocycles. The van der Waals surface area contributed by atoms with E-state index in [1.54, 1.807) is 0 Å². The molecule has 0 nitrogen and oxygen atoms in total. The van der Waals surface area contributed by atoms with Crippen molar-refractivity contribution in [1.82, 2.24) is 0 Å². The highest BCUT2D eigenvalue weighted by Crippen LogP contribution is 2.25. The van der Waals surface area contributed by atoms with Gasteiger partial charge in [0.15, 0.2) is 0 Å². The quantitative estimate of drug-likeness (QED) is 0.511. The first-order valence-corrected chi connectivity index (χ1v) is 4.14. The standard InChI is InChI=1S/C10H16/c1-3-6-9(2)10-7-4-5-8-10/h3-4,6-7,9-10H,5,8H2,1-2H3/b6-3+. The van der Waals surface area contributed by atoms with E-state index in [9.17, 15) is 0 Å². The summed E-state index contributed by atoms with van der Waals surface area (Å²) in [5.74, 6) is 1.56. The smallest absolute Gasteiger partial charge is 0.0170 e. The van der Waals surface area contributed by atoms with Crippen LogP contribution in [-0.2, 0) is 0 Å². The summed E-state index contributed by atoms with van der Waals surface area (Å²) >= 11 is 0. The summed E-state index contributed by atoms with van der Waals surface area (Å²) in [6, 6.07) is 0. The van der Waals surface area contributed by atoms with Gasteiger partial charge in [-0.1, -0.05) is 31.2 Å². The number of hydrogen-bond acceptors (Lipinski definition) is 0. The van der Waals surface area contributed by atoms with E-state index >= 15 is 0 Å². The maximum atomic E-state index is 2.35. The van der Waals surface area contributed by atoms with Crippen LogP contribution >= 0.6 is 0 Å². The minimum atomic E-state index is 0.740. The van der Waals surface area contributed by atoms with E-state index in [1.165, 1.54) is 12.8 Å². The predicted octanol–water partition coefficient (Wildman–Crippen LogP) is 3.16. The first-order valence-electron chi connectivity index (χ1n) is 4.14. The van der Waals surface area contributed by atoms with Crippen LogP contribution in [-0.4, -0.2) is 0 Å². The van der Waals surface area contributed by atoms with Crippen LogP contribution < -0.4 is 0 Å². The summed E-state index contributed by atoms with van der Waals surface area (Å²) < 4.78 is 0. The van der Waals surface area contributed by atoms with Gasteiger partial charge in [0.05, 0.1) is 0 Å². The molecule has 0 aromatic carbocycles. The van der Waals surface area contributed by atoms with Gasteiger partial charge in [0, 0.05) is 0 Å².